The van der Waals surface area contributed by atoms with Crippen molar-refractivity contribution in [3.63, 3.8) is 0 Å². The lowest BCUT2D eigenvalue weighted by atomic mass is 10.0. The van der Waals surface area contributed by atoms with Crippen molar-refractivity contribution in [3.05, 3.63) is 58.6 Å². The monoisotopic (exact) mass is 446 g/mol. The van der Waals surface area contributed by atoms with E-state index in [1.54, 1.807) is 21.3 Å². The molecule has 0 saturated carbocycles. The summed E-state index contributed by atoms with van der Waals surface area (Å²) < 4.78 is 16.3. The van der Waals surface area contributed by atoms with Crippen LogP contribution in [-0.4, -0.2) is 65.0 Å². The molecule has 7 nitrogen and oxygen atoms in total. The highest BCUT2D eigenvalue weighted by Gasteiger charge is 2.24. The zero-order valence-corrected chi connectivity index (χ0v) is 19.1. The Morgan fingerprint density at radius 1 is 1.13 bits per heavy atom. The molecule has 3 rings (SSSR count). The first-order valence-corrected chi connectivity index (χ1v) is 10.8. The van der Waals surface area contributed by atoms with Crippen LogP contribution in [0, 0.1) is 0 Å². The van der Waals surface area contributed by atoms with Gasteiger partial charge in [-0.15, -0.1) is 0 Å². The normalized spacial score (nSPS) is 15.9. The van der Waals surface area contributed by atoms with Crippen molar-refractivity contribution >= 4 is 17.6 Å². The van der Waals surface area contributed by atoms with Crippen molar-refractivity contribution in [1.29, 1.82) is 0 Å². The van der Waals surface area contributed by atoms with E-state index in [1.165, 1.54) is 0 Å². The lowest BCUT2D eigenvalue weighted by molar-refractivity contribution is 0.0170. The molecule has 2 aromatic carbocycles. The van der Waals surface area contributed by atoms with Gasteiger partial charge in [0.05, 0.1) is 33.5 Å². The van der Waals surface area contributed by atoms with Crippen molar-refractivity contribution in [1.82, 2.24) is 15.5 Å². The van der Waals surface area contributed by atoms with Crippen molar-refractivity contribution in [2.75, 3.05) is 54.1 Å². The molecular weight excluding hydrogens is 416 g/mol. The van der Waals surface area contributed by atoms with E-state index >= 15 is 0 Å². The molecule has 0 amide bonds. The third kappa shape index (κ3) is 6.26. The van der Waals surface area contributed by atoms with Gasteiger partial charge in [-0.1, -0.05) is 29.8 Å². The molecular formula is C23H31ClN4O3. The molecule has 2 N–H and O–H groups in total. The van der Waals surface area contributed by atoms with Gasteiger partial charge < -0.3 is 24.8 Å². The first-order valence-electron chi connectivity index (χ1n) is 10.4. The number of halogens is 1. The molecule has 1 aliphatic heterocycles. The first kappa shape index (κ1) is 23.2. The van der Waals surface area contributed by atoms with E-state index in [0.29, 0.717) is 19.0 Å². The summed E-state index contributed by atoms with van der Waals surface area (Å²) in [5, 5.41) is 7.59. The van der Waals surface area contributed by atoms with Crippen molar-refractivity contribution in [2.45, 2.75) is 12.6 Å². The number of methoxy groups -OCH3 is 2. The summed E-state index contributed by atoms with van der Waals surface area (Å²) in [6.07, 6.45) is 0. The van der Waals surface area contributed by atoms with E-state index in [-0.39, 0.29) is 6.04 Å². The average Bonchev–Trinajstić information content (AvgIpc) is 2.82. The summed E-state index contributed by atoms with van der Waals surface area (Å²) in [5.74, 6) is 2.24. The quantitative estimate of drug-likeness (QED) is 0.480. The van der Waals surface area contributed by atoms with Gasteiger partial charge in [-0.05, 0) is 23.8 Å². The number of guanidine groups is 1. The van der Waals surface area contributed by atoms with Gasteiger partial charge in [0.1, 0.15) is 11.5 Å². The third-order valence-electron chi connectivity index (χ3n) is 5.38. The van der Waals surface area contributed by atoms with Crippen LogP contribution in [0.1, 0.15) is 17.2 Å². The highest BCUT2D eigenvalue weighted by atomic mass is 35.5. The number of rotatable bonds is 8. The molecule has 2 aromatic rings. The van der Waals surface area contributed by atoms with Crippen LogP contribution in [0.2, 0.25) is 5.02 Å². The lowest BCUT2D eigenvalue weighted by Gasteiger charge is -2.35. The van der Waals surface area contributed by atoms with Gasteiger partial charge in [-0.25, -0.2) is 0 Å². The van der Waals surface area contributed by atoms with Gasteiger partial charge in [0.25, 0.3) is 0 Å². The smallest absolute Gasteiger partial charge is 0.191 e. The van der Waals surface area contributed by atoms with Gasteiger partial charge in [0.15, 0.2) is 5.96 Å². The Kier molecular flexibility index (Phi) is 8.82. The topological polar surface area (TPSA) is 67.4 Å². The van der Waals surface area contributed by atoms with Crippen molar-refractivity contribution < 1.29 is 14.2 Å². The number of hydrogen-bond acceptors (Lipinski definition) is 5. The van der Waals surface area contributed by atoms with Gasteiger partial charge in [0.2, 0.25) is 0 Å². The van der Waals surface area contributed by atoms with Crippen LogP contribution in [0.5, 0.6) is 11.5 Å². The van der Waals surface area contributed by atoms with Crippen molar-refractivity contribution in [3.8, 4) is 11.5 Å². The third-order valence-corrected chi connectivity index (χ3v) is 5.72. The summed E-state index contributed by atoms with van der Waals surface area (Å²) in [4.78, 5) is 6.78. The summed E-state index contributed by atoms with van der Waals surface area (Å²) in [6.45, 7) is 4.43. The number of hydrogen-bond donors (Lipinski definition) is 2. The molecule has 0 aromatic heterocycles. The molecule has 0 spiro atoms. The molecule has 1 heterocycles. The van der Waals surface area contributed by atoms with E-state index in [2.05, 4.69) is 26.6 Å². The van der Waals surface area contributed by atoms with Crippen LogP contribution >= 0.6 is 11.6 Å². The van der Waals surface area contributed by atoms with Crippen LogP contribution < -0.4 is 20.1 Å². The van der Waals surface area contributed by atoms with Crippen LogP contribution in [0.25, 0.3) is 0 Å². The minimum absolute atomic E-state index is 0.117. The van der Waals surface area contributed by atoms with Crippen LogP contribution in [0.4, 0.5) is 0 Å². The predicted octanol–water partition coefficient (Wildman–Crippen LogP) is 3.10. The number of nitrogens with one attached hydrogen (secondary N) is 2. The van der Waals surface area contributed by atoms with Crippen molar-refractivity contribution in [2.24, 2.45) is 4.99 Å². The maximum Gasteiger partial charge on any atom is 0.191 e. The summed E-state index contributed by atoms with van der Waals surface area (Å²) in [6, 6.07) is 13.9. The van der Waals surface area contributed by atoms with E-state index in [9.17, 15) is 0 Å². The number of nitrogens with zero attached hydrogens (tertiary/aromatic N) is 2. The summed E-state index contributed by atoms with van der Waals surface area (Å²) in [5.41, 5.74) is 2.12. The number of morpholine rings is 1. The first-order chi connectivity index (χ1) is 15.2. The fourth-order valence-corrected chi connectivity index (χ4v) is 3.92. The molecule has 0 radical (unpaired) electrons. The zero-order valence-electron chi connectivity index (χ0n) is 18.4. The SMILES string of the molecule is CN=C(NCc1ccc(OC)cc1OC)NCC(c1ccccc1Cl)N1CCOCC1. The fourth-order valence-electron chi connectivity index (χ4n) is 3.66. The predicted molar refractivity (Wildman–Crippen MR) is 124 cm³/mol. The standard InChI is InChI=1S/C23H31ClN4O3/c1-25-23(26-15-17-8-9-18(29-2)14-22(17)30-3)27-16-21(28-10-12-31-13-11-28)19-6-4-5-7-20(19)24/h4-9,14,21H,10-13,15-16H2,1-3H3,(H2,25,26,27). The summed E-state index contributed by atoms with van der Waals surface area (Å²) in [7, 11) is 5.06. The maximum atomic E-state index is 6.53. The minimum Gasteiger partial charge on any atom is -0.497 e. The van der Waals surface area contributed by atoms with E-state index < -0.39 is 0 Å². The Bertz CT molecular complexity index is 872. The van der Waals surface area contributed by atoms with Gasteiger partial charge in [0, 0.05) is 49.9 Å². The highest BCUT2D eigenvalue weighted by Crippen LogP contribution is 2.28. The molecule has 168 valence electrons. The Morgan fingerprint density at radius 3 is 2.58 bits per heavy atom. The highest BCUT2D eigenvalue weighted by molar-refractivity contribution is 6.31. The minimum atomic E-state index is 0.117. The number of benzene rings is 2. The molecule has 1 saturated heterocycles. The Balaban J connectivity index is 1.66. The second-order valence-electron chi connectivity index (χ2n) is 7.17. The Morgan fingerprint density at radius 2 is 1.90 bits per heavy atom. The van der Waals surface area contributed by atoms with Gasteiger partial charge in [-0.3, -0.25) is 9.89 Å². The van der Waals surface area contributed by atoms with E-state index in [1.807, 2.05) is 36.4 Å². The molecule has 1 fully saturated rings. The number of ether oxygens (including phenoxy) is 3. The van der Waals surface area contributed by atoms with E-state index in [4.69, 9.17) is 25.8 Å². The second kappa shape index (κ2) is 11.8. The van der Waals surface area contributed by atoms with E-state index in [0.717, 1.165) is 54.0 Å². The maximum absolute atomic E-state index is 6.53. The molecule has 0 aliphatic carbocycles. The lowest BCUT2D eigenvalue weighted by Crippen LogP contribution is -2.46. The Hall–Kier alpha value is -2.48. The Labute approximate surface area is 189 Å². The molecule has 8 heteroatoms. The van der Waals surface area contributed by atoms with Gasteiger partial charge in [-0.2, -0.15) is 0 Å². The van der Waals surface area contributed by atoms with Gasteiger partial charge >= 0.3 is 0 Å². The second-order valence-corrected chi connectivity index (χ2v) is 7.58. The zero-order chi connectivity index (χ0) is 22.1. The average molecular weight is 447 g/mol. The molecule has 0 bridgehead atoms. The molecule has 31 heavy (non-hydrogen) atoms. The fraction of sp³-hybridized carbons (Fsp3) is 0.435. The largest absolute Gasteiger partial charge is 0.497 e. The van der Waals surface area contributed by atoms with Crippen LogP contribution in [-0.2, 0) is 11.3 Å². The molecule has 1 aliphatic rings. The molecule has 1 atom stereocenters. The van der Waals surface area contributed by atoms with Crippen LogP contribution in [0.3, 0.4) is 0 Å². The summed E-state index contributed by atoms with van der Waals surface area (Å²) >= 11 is 6.53. The molecule has 1 unspecified atom stereocenters. The number of aliphatic imine (C=N–C) groups is 1. The van der Waals surface area contributed by atoms with Crippen LogP contribution in [0.15, 0.2) is 47.5 Å².